The van der Waals surface area contributed by atoms with Crippen molar-refractivity contribution in [3.8, 4) is 11.3 Å². The summed E-state index contributed by atoms with van der Waals surface area (Å²) < 4.78 is 5.45. The minimum atomic E-state index is -0.226. The van der Waals surface area contributed by atoms with E-state index in [4.69, 9.17) is 4.52 Å². The highest BCUT2D eigenvalue weighted by molar-refractivity contribution is 7.15. The van der Waals surface area contributed by atoms with Gasteiger partial charge in [-0.2, -0.15) is 0 Å². The Bertz CT molecular complexity index is 999. The van der Waals surface area contributed by atoms with Gasteiger partial charge in [0.25, 0.3) is 5.91 Å². The lowest BCUT2D eigenvalue weighted by Crippen LogP contribution is -2.26. The van der Waals surface area contributed by atoms with Gasteiger partial charge in [-0.1, -0.05) is 56.3 Å². The molecule has 1 aliphatic carbocycles. The monoisotopic (exact) mass is 395 g/mol. The number of fused-ring (bicyclic) bond motifs is 1. The lowest BCUT2D eigenvalue weighted by atomic mass is 9.73. The third-order valence-corrected chi connectivity index (χ3v) is 6.55. The third-order valence-electron chi connectivity index (χ3n) is 5.51. The van der Waals surface area contributed by atoms with Crippen molar-refractivity contribution in [1.82, 2.24) is 10.1 Å². The Balaban J connectivity index is 1.57. The molecular formula is C22H25N3O2S. The van der Waals surface area contributed by atoms with E-state index in [0.717, 1.165) is 30.5 Å². The molecule has 2 aromatic heterocycles. The van der Waals surface area contributed by atoms with Gasteiger partial charge in [-0.15, -0.1) is 11.3 Å². The average Bonchev–Trinajstić information content (AvgIpc) is 3.23. The Morgan fingerprint density at radius 2 is 2.00 bits per heavy atom. The first kappa shape index (κ1) is 18.9. The van der Waals surface area contributed by atoms with E-state index in [0.29, 0.717) is 28.1 Å². The molecule has 4 rings (SSSR count). The minimum absolute atomic E-state index is 0.226. The Labute approximate surface area is 169 Å². The number of aromatic nitrogens is 2. The topological polar surface area (TPSA) is 68.0 Å². The van der Waals surface area contributed by atoms with E-state index in [-0.39, 0.29) is 11.3 Å². The van der Waals surface area contributed by atoms with Crippen LogP contribution in [0.5, 0.6) is 0 Å². The molecule has 0 spiro atoms. The number of carbonyl (C=O) groups is 1. The van der Waals surface area contributed by atoms with E-state index in [1.165, 1.54) is 4.88 Å². The maximum Gasteiger partial charge on any atom is 0.263 e. The van der Waals surface area contributed by atoms with Crippen LogP contribution in [0.25, 0.3) is 11.3 Å². The Hall–Kier alpha value is -2.47. The van der Waals surface area contributed by atoms with Gasteiger partial charge in [0.2, 0.25) is 0 Å². The summed E-state index contributed by atoms with van der Waals surface area (Å²) >= 11 is 1.59. The third kappa shape index (κ3) is 3.61. The van der Waals surface area contributed by atoms with Gasteiger partial charge < -0.3 is 4.52 Å². The van der Waals surface area contributed by atoms with E-state index in [2.05, 4.69) is 36.2 Å². The predicted octanol–water partition coefficient (Wildman–Crippen LogP) is 5.51. The number of amides is 1. The summed E-state index contributed by atoms with van der Waals surface area (Å²) in [4.78, 5) is 19.0. The number of hydrogen-bond donors (Lipinski definition) is 1. The zero-order valence-electron chi connectivity index (χ0n) is 16.7. The van der Waals surface area contributed by atoms with Crippen molar-refractivity contribution in [2.45, 2.75) is 47.0 Å². The molecule has 0 fully saturated rings. The molecule has 1 atom stereocenters. The van der Waals surface area contributed by atoms with Crippen LogP contribution in [0.4, 0.5) is 5.13 Å². The lowest BCUT2D eigenvalue weighted by Gasteiger charge is -2.33. The second kappa shape index (κ2) is 7.17. The first-order valence-corrected chi connectivity index (χ1v) is 10.5. The van der Waals surface area contributed by atoms with Crippen molar-refractivity contribution in [3.63, 3.8) is 0 Å². The van der Waals surface area contributed by atoms with Gasteiger partial charge in [-0.25, -0.2) is 4.98 Å². The molecule has 146 valence electrons. The Morgan fingerprint density at radius 1 is 1.25 bits per heavy atom. The summed E-state index contributed by atoms with van der Waals surface area (Å²) in [5, 5.41) is 7.64. The van der Waals surface area contributed by atoms with Crippen LogP contribution in [0.1, 0.15) is 53.8 Å². The standard InChI is InChI=1S/C22H25N3O2S/c1-13-18(19(27-25-13)14-8-6-5-7-9-14)20(26)24-21-23-16-11-10-15(22(2,3)4)12-17(16)28-21/h5-9,15H,10-12H2,1-4H3,(H,23,24,26)/t15-/m1/s1. The largest absolute Gasteiger partial charge is 0.355 e. The number of nitrogens with zero attached hydrogens (tertiary/aromatic N) is 2. The number of carbonyl (C=O) groups excluding carboxylic acids is 1. The molecule has 28 heavy (non-hydrogen) atoms. The minimum Gasteiger partial charge on any atom is -0.355 e. The molecule has 0 radical (unpaired) electrons. The van der Waals surface area contributed by atoms with Crippen molar-refractivity contribution < 1.29 is 9.32 Å². The zero-order chi connectivity index (χ0) is 19.9. The highest BCUT2D eigenvalue weighted by Gasteiger charge is 2.31. The first-order valence-electron chi connectivity index (χ1n) is 9.64. The van der Waals surface area contributed by atoms with Gasteiger partial charge in [-0.05, 0) is 37.5 Å². The van der Waals surface area contributed by atoms with Crippen LogP contribution in [0.3, 0.4) is 0 Å². The van der Waals surface area contributed by atoms with Gasteiger partial charge in [0, 0.05) is 10.4 Å². The van der Waals surface area contributed by atoms with Crippen LogP contribution in [0.15, 0.2) is 34.9 Å². The van der Waals surface area contributed by atoms with Crippen molar-refractivity contribution in [2.24, 2.45) is 11.3 Å². The van der Waals surface area contributed by atoms with Crippen molar-refractivity contribution >= 4 is 22.4 Å². The maximum absolute atomic E-state index is 13.0. The van der Waals surface area contributed by atoms with Crippen LogP contribution >= 0.6 is 11.3 Å². The molecule has 5 nitrogen and oxygen atoms in total. The molecular weight excluding hydrogens is 370 g/mol. The van der Waals surface area contributed by atoms with E-state index in [1.807, 2.05) is 30.3 Å². The lowest BCUT2D eigenvalue weighted by molar-refractivity contribution is 0.102. The molecule has 0 aliphatic heterocycles. The molecule has 1 aromatic carbocycles. The number of rotatable bonds is 3. The Morgan fingerprint density at radius 3 is 2.71 bits per heavy atom. The molecule has 6 heteroatoms. The molecule has 0 unspecified atom stereocenters. The van der Waals surface area contributed by atoms with Gasteiger partial charge >= 0.3 is 0 Å². The quantitative estimate of drug-likeness (QED) is 0.635. The normalized spacial score (nSPS) is 16.6. The first-order chi connectivity index (χ1) is 13.3. The summed E-state index contributed by atoms with van der Waals surface area (Å²) in [6.45, 7) is 8.68. The van der Waals surface area contributed by atoms with Crippen molar-refractivity contribution in [3.05, 3.63) is 52.2 Å². The second-order valence-electron chi connectivity index (χ2n) is 8.49. The van der Waals surface area contributed by atoms with E-state index < -0.39 is 0 Å². The average molecular weight is 396 g/mol. The summed E-state index contributed by atoms with van der Waals surface area (Å²) in [6, 6.07) is 9.57. The van der Waals surface area contributed by atoms with E-state index >= 15 is 0 Å². The van der Waals surface area contributed by atoms with Gasteiger partial charge in [0.15, 0.2) is 10.9 Å². The number of benzene rings is 1. The van der Waals surface area contributed by atoms with Crippen LogP contribution in [0, 0.1) is 18.3 Å². The van der Waals surface area contributed by atoms with E-state index in [1.54, 1.807) is 18.3 Å². The SMILES string of the molecule is Cc1noc(-c2ccccc2)c1C(=O)Nc1nc2c(s1)C[C@H](C(C)(C)C)CC2. The van der Waals surface area contributed by atoms with Crippen LogP contribution in [0.2, 0.25) is 0 Å². The summed E-state index contributed by atoms with van der Waals surface area (Å²) in [6.07, 6.45) is 3.16. The molecule has 1 amide bonds. The zero-order valence-corrected chi connectivity index (χ0v) is 17.5. The molecule has 3 aromatic rings. The number of aryl methyl sites for hydroxylation is 2. The number of thiazole rings is 1. The van der Waals surface area contributed by atoms with E-state index in [9.17, 15) is 4.79 Å². The van der Waals surface area contributed by atoms with Crippen LogP contribution in [-0.2, 0) is 12.8 Å². The number of anilines is 1. The number of nitrogens with one attached hydrogen (secondary N) is 1. The molecule has 1 aliphatic rings. The van der Waals surface area contributed by atoms with Gasteiger partial charge in [0.05, 0.1) is 11.4 Å². The summed E-state index contributed by atoms with van der Waals surface area (Å²) in [5.41, 5.74) is 3.29. The molecule has 0 saturated carbocycles. The fourth-order valence-electron chi connectivity index (χ4n) is 3.75. The van der Waals surface area contributed by atoms with Crippen LogP contribution < -0.4 is 5.32 Å². The van der Waals surface area contributed by atoms with Gasteiger partial charge in [0.1, 0.15) is 5.56 Å². The predicted molar refractivity (Wildman–Crippen MR) is 112 cm³/mol. The highest BCUT2D eigenvalue weighted by atomic mass is 32.1. The second-order valence-corrected chi connectivity index (χ2v) is 9.57. The van der Waals surface area contributed by atoms with Crippen LogP contribution in [-0.4, -0.2) is 16.0 Å². The fraction of sp³-hybridized carbons (Fsp3) is 0.409. The molecule has 0 saturated heterocycles. The Kier molecular flexibility index (Phi) is 4.83. The number of hydrogen-bond acceptors (Lipinski definition) is 5. The fourth-order valence-corrected chi connectivity index (χ4v) is 4.83. The summed E-state index contributed by atoms with van der Waals surface area (Å²) in [7, 11) is 0. The molecule has 2 heterocycles. The highest BCUT2D eigenvalue weighted by Crippen LogP contribution is 2.40. The van der Waals surface area contributed by atoms with Gasteiger partial charge in [-0.3, -0.25) is 10.1 Å². The smallest absolute Gasteiger partial charge is 0.263 e. The van der Waals surface area contributed by atoms with Crippen molar-refractivity contribution in [1.29, 1.82) is 0 Å². The maximum atomic E-state index is 13.0. The van der Waals surface area contributed by atoms with Crippen molar-refractivity contribution in [2.75, 3.05) is 5.32 Å². The molecule has 0 bridgehead atoms. The summed E-state index contributed by atoms with van der Waals surface area (Å²) in [5.74, 6) is 0.912. The molecule has 1 N–H and O–H groups in total.